The Morgan fingerprint density at radius 3 is 2.83 bits per heavy atom. The van der Waals surface area contributed by atoms with E-state index in [0.29, 0.717) is 6.61 Å². The standard InChI is InChI=1S/C16H32N4O2S/c1-4-17-15(19-14(2)11-21-3)18-12-16(5-10-23-13-16)20-6-8-22-9-7-20/h14H,4-13H2,1-3H3,(H2,17,18,19). The summed E-state index contributed by atoms with van der Waals surface area (Å²) in [6.07, 6.45) is 1.22. The molecule has 7 heteroatoms. The van der Waals surface area contributed by atoms with Crippen LogP contribution in [0.1, 0.15) is 20.3 Å². The second-order valence-corrected chi connectivity index (χ2v) is 7.43. The van der Waals surface area contributed by atoms with Crippen molar-refractivity contribution in [1.29, 1.82) is 0 Å². The Balaban J connectivity index is 2.01. The molecule has 134 valence electrons. The average molecular weight is 345 g/mol. The van der Waals surface area contributed by atoms with Crippen molar-refractivity contribution in [1.82, 2.24) is 15.5 Å². The number of ether oxygens (including phenoxy) is 2. The Kier molecular flexibility index (Phi) is 7.95. The fraction of sp³-hybridized carbons (Fsp3) is 0.938. The molecule has 23 heavy (non-hydrogen) atoms. The van der Waals surface area contributed by atoms with E-state index in [4.69, 9.17) is 14.5 Å². The summed E-state index contributed by atoms with van der Waals surface area (Å²) in [4.78, 5) is 7.51. The predicted octanol–water partition coefficient (Wildman–Crippen LogP) is 0.784. The van der Waals surface area contributed by atoms with Gasteiger partial charge < -0.3 is 20.1 Å². The lowest BCUT2D eigenvalue weighted by Crippen LogP contribution is -2.56. The Hall–Kier alpha value is -0.500. The summed E-state index contributed by atoms with van der Waals surface area (Å²) in [7, 11) is 1.73. The first-order valence-corrected chi connectivity index (χ1v) is 9.80. The number of hydrogen-bond acceptors (Lipinski definition) is 5. The molecule has 2 aliphatic heterocycles. The predicted molar refractivity (Wildman–Crippen MR) is 97.5 cm³/mol. The van der Waals surface area contributed by atoms with E-state index in [9.17, 15) is 0 Å². The lowest BCUT2D eigenvalue weighted by Gasteiger charge is -2.42. The van der Waals surface area contributed by atoms with Gasteiger partial charge in [0.15, 0.2) is 5.96 Å². The van der Waals surface area contributed by atoms with Crippen molar-refractivity contribution in [3.63, 3.8) is 0 Å². The number of guanidine groups is 1. The molecule has 2 unspecified atom stereocenters. The molecule has 0 amide bonds. The zero-order valence-corrected chi connectivity index (χ0v) is 15.6. The van der Waals surface area contributed by atoms with Crippen LogP contribution in [0.25, 0.3) is 0 Å². The molecule has 2 fully saturated rings. The molecule has 2 rings (SSSR count). The third-order valence-corrected chi connectivity index (χ3v) is 5.67. The summed E-state index contributed by atoms with van der Waals surface area (Å²) in [6.45, 7) is 10.3. The minimum absolute atomic E-state index is 0.196. The van der Waals surface area contributed by atoms with Crippen LogP contribution in [0.5, 0.6) is 0 Å². The van der Waals surface area contributed by atoms with E-state index in [1.54, 1.807) is 7.11 Å². The number of aliphatic imine (C=N–C) groups is 1. The third-order valence-electron chi connectivity index (χ3n) is 4.44. The number of rotatable bonds is 7. The molecule has 0 aliphatic carbocycles. The number of hydrogen-bond donors (Lipinski definition) is 2. The zero-order chi connectivity index (χ0) is 16.5. The number of thioether (sulfide) groups is 1. The first-order valence-electron chi connectivity index (χ1n) is 8.64. The topological polar surface area (TPSA) is 58.1 Å². The first kappa shape index (κ1) is 18.8. The van der Waals surface area contributed by atoms with Crippen LogP contribution < -0.4 is 10.6 Å². The molecule has 2 atom stereocenters. The summed E-state index contributed by atoms with van der Waals surface area (Å²) in [6, 6.07) is 0.245. The summed E-state index contributed by atoms with van der Waals surface area (Å²) < 4.78 is 10.7. The smallest absolute Gasteiger partial charge is 0.191 e. The maximum absolute atomic E-state index is 5.53. The van der Waals surface area contributed by atoms with Gasteiger partial charge in [-0.1, -0.05) is 0 Å². The molecule has 2 aliphatic rings. The van der Waals surface area contributed by atoms with Gasteiger partial charge in [0.1, 0.15) is 0 Å². The van der Waals surface area contributed by atoms with Gasteiger partial charge in [-0.2, -0.15) is 11.8 Å². The van der Waals surface area contributed by atoms with Crippen LogP contribution in [-0.4, -0.2) is 87.1 Å². The number of morpholine rings is 1. The van der Waals surface area contributed by atoms with Crippen LogP contribution in [0.2, 0.25) is 0 Å². The van der Waals surface area contributed by atoms with E-state index < -0.39 is 0 Å². The molecule has 2 N–H and O–H groups in total. The van der Waals surface area contributed by atoms with E-state index in [2.05, 4.69) is 29.4 Å². The van der Waals surface area contributed by atoms with Gasteiger partial charge in [0.25, 0.3) is 0 Å². The Labute approximate surface area is 144 Å². The summed E-state index contributed by atoms with van der Waals surface area (Å²) in [5, 5.41) is 6.78. The maximum atomic E-state index is 5.53. The average Bonchev–Trinajstić information content (AvgIpc) is 3.04. The van der Waals surface area contributed by atoms with Gasteiger partial charge in [-0.05, 0) is 26.0 Å². The van der Waals surface area contributed by atoms with E-state index in [0.717, 1.165) is 45.4 Å². The Morgan fingerprint density at radius 1 is 1.43 bits per heavy atom. The number of nitrogens with one attached hydrogen (secondary N) is 2. The van der Waals surface area contributed by atoms with Crippen molar-refractivity contribution >= 4 is 17.7 Å². The highest BCUT2D eigenvalue weighted by Crippen LogP contribution is 2.34. The molecule has 0 aromatic rings. The minimum Gasteiger partial charge on any atom is -0.383 e. The zero-order valence-electron chi connectivity index (χ0n) is 14.8. The van der Waals surface area contributed by atoms with Crippen LogP contribution in [-0.2, 0) is 9.47 Å². The molecular weight excluding hydrogens is 312 g/mol. The molecule has 2 saturated heterocycles. The highest BCUT2D eigenvalue weighted by Gasteiger charge is 2.40. The molecule has 0 saturated carbocycles. The molecule has 2 heterocycles. The van der Waals surface area contributed by atoms with Crippen molar-refractivity contribution in [3.8, 4) is 0 Å². The molecule has 0 bridgehead atoms. The normalized spacial score (nSPS) is 27.9. The van der Waals surface area contributed by atoms with E-state index >= 15 is 0 Å². The summed E-state index contributed by atoms with van der Waals surface area (Å²) in [5.74, 6) is 3.29. The SMILES string of the molecule is CCNC(=NCC1(N2CCOCC2)CCSC1)NC(C)COC. The fourth-order valence-corrected chi connectivity index (χ4v) is 4.65. The molecule has 0 aromatic heterocycles. The fourth-order valence-electron chi connectivity index (χ4n) is 3.18. The lowest BCUT2D eigenvalue weighted by molar-refractivity contribution is -0.0104. The second-order valence-electron chi connectivity index (χ2n) is 6.32. The van der Waals surface area contributed by atoms with Crippen LogP contribution in [0, 0.1) is 0 Å². The van der Waals surface area contributed by atoms with Crippen molar-refractivity contribution < 1.29 is 9.47 Å². The summed E-state index contributed by atoms with van der Waals surface area (Å²) >= 11 is 2.05. The number of methoxy groups -OCH3 is 1. The van der Waals surface area contributed by atoms with Crippen LogP contribution in [0.15, 0.2) is 4.99 Å². The van der Waals surface area contributed by atoms with Crippen LogP contribution in [0.3, 0.4) is 0 Å². The van der Waals surface area contributed by atoms with Gasteiger partial charge in [-0.15, -0.1) is 0 Å². The molecule has 0 spiro atoms. The number of nitrogens with zero attached hydrogens (tertiary/aromatic N) is 2. The monoisotopic (exact) mass is 344 g/mol. The Morgan fingerprint density at radius 2 is 2.22 bits per heavy atom. The van der Waals surface area contributed by atoms with Crippen LogP contribution >= 0.6 is 11.8 Å². The first-order chi connectivity index (χ1) is 11.2. The van der Waals surface area contributed by atoms with Crippen molar-refractivity contribution in [3.05, 3.63) is 0 Å². The molecular formula is C16H32N4O2S. The maximum Gasteiger partial charge on any atom is 0.191 e. The van der Waals surface area contributed by atoms with Crippen molar-refractivity contribution in [2.45, 2.75) is 31.8 Å². The van der Waals surface area contributed by atoms with Gasteiger partial charge in [0.2, 0.25) is 0 Å². The summed E-state index contributed by atoms with van der Waals surface area (Å²) in [5.41, 5.74) is 0.196. The van der Waals surface area contributed by atoms with Crippen LogP contribution in [0.4, 0.5) is 0 Å². The van der Waals surface area contributed by atoms with Gasteiger partial charge >= 0.3 is 0 Å². The second kappa shape index (κ2) is 9.71. The van der Waals surface area contributed by atoms with E-state index in [1.807, 2.05) is 11.8 Å². The Bertz CT molecular complexity index is 369. The van der Waals surface area contributed by atoms with Crippen molar-refractivity contribution in [2.75, 3.05) is 64.6 Å². The van der Waals surface area contributed by atoms with E-state index in [-0.39, 0.29) is 11.6 Å². The van der Waals surface area contributed by atoms with Gasteiger partial charge in [-0.3, -0.25) is 9.89 Å². The van der Waals surface area contributed by atoms with Gasteiger partial charge in [-0.25, -0.2) is 0 Å². The van der Waals surface area contributed by atoms with Gasteiger partial charge in [0.05, 0.1) is 31.9 Å². The molecule has 6 nitrogen and oxygen atoms in total. The minimum atomic E-state index is 0.196. The molecule has 0 radical (unpaired) electrons. The molecule has 0 aromatic carbocycles. The highest BCUT2D eigenvalue weighted by molar-refractivity contribution is 7.99. The van der Waals surface area contributed by atoms with Gasteiger partial charge in [0, 0.05) is 38.5 Å². The lowest BCUT2D eigenvalue weighted by atomic mass is 9.96. The third kappa shape index (κ3) is 5.52. The van der Waals surface area contributed by atoms with Crippen molar-refractivity contribution in [2.24, 2.45) is 4.99 Å². The quantitative estimate of drug-likeness (QED) is 0.526. The van der Waals surface area contributed by atoms with E-state index in [1.165, 1.54) is 17.9 Å². The largest absolute Gasteiger partial charge is 0.383 e. The highest BCUT2D eigenvalue weighted by atomic mass is 32.2.